The molecule has 1 aliphatic heterocycles. The highest BCUT2D eigenvalue weighted by molar-refractivity contribution is 5.94. The first-order valence-electron chi connectivity index (χ1n) is 10.7. The Morgan fingerprint density at radius 1 is 1.20 bits per heavy atom. The number of carbonyl (C=O) groups excluding carboxylic acids is 1. The highest BCUT2D eigenvalue weighted by atomic mass is 19.3. The molecule has 0 bridgehead atoms. The van der Waals surface area contributed by atoms with Crippen molar-refractivity contribution in [1.82, 2.24) is 29.5 Å². The number of alkyl halides is 2. The summed E-state index contributed by atoms with van der Waals surface area (Å²) in [6, 6.07) is 4.30. The summed E-state index contributed by atoms with van der Waals surface area (Å²) in [5.41, 5.74) is 6.21. The SMILES string of the molecule is C[C@H]1CC[C@@H](c2nc3c4cc(F)cc(F)c4nc(N)n3n2)CN1C(=O)c1ccc(OC(F)F)nc1. The molecule has 4 heterocycles. The van der Waals surface area contributed by atoms with Crippen LogP contribution in [0.2, 0.25) is 0 Å². The molecule has 1 saturated heterocycles. The number of fused-ring (bicyclic) bond motifs is 3. The molecule has 3 aromatic heterocycles. The fourth-order valence-electron chi connectivity index (χ4n) is 4.28. The first-order valence-corrected chi connectivity index (χ1v) is 10.7. The third kappa shape index (κ3) is 4.17. The van der Waals surface area contributed by atoms with Crippen LogP contribution in [-0.4, -0.2) is 54.6 Å². The average molecular weight is 489 g/mol. The number of anilines is 1. The minimum absolute atomic E-state index is 0.106. The molecule has 0 spiro atoms. The van der Waals surface area contributed by atoms with Crippen molar-refractivity contribution in [3.05, 3.63) is 53.5 Å². The maximum atomic E-state index is 14.2. The van der Waals surface area contributed by atoms with E-state index in [0.29, 0.717) is 18.7 Å². The number of hydrogen-bond donors (Lipinski definition) is 1. The van der Waals surface area contributed by atoms with Gasteiger partial charge in [-0.25, -0.2) is 23.7 Å². The summed E-state index contributed by atoms with van der Waals surface area (Å²) >= 11 is 0. The molecular weight excluding hydrogens is 470 g/mol. The predicted molar refractivity (Wildman–Crippen MR) is 116 cm³/mol. The maximum Gasteiger partial charge on any atom is 0.388 e. The Hall–Kier alpha value is -4.03. The van der Waals surface area contributed by atoms with Gasteiger partial charge >= 0.3 is 6.61 Å². The topological polar surface area (TPSA) is 112 Å². The number of benzene rings is 1. The van der Waals surface area contributed by atoms with Gasteiger partial charge in [-0.15, -0.1) is 5.10 Å². The Morgan fingerprint density at radius 2 is 2.00 bits per heavy atom. The molecule has 0 unspecified atom stereocenters. The number of nitrogens with two attached hydrogens (primary N) is 1. The molecule has 35 heavy (non-hydrogen) atoms. The van der Waals surface area contributed by atoms with Crippen molar-refractivity contribution in [2.45, 2.75) is 38.3 Å². The summed E-state index contributed by atoms with van der Waals surface area (Å²) < 4.78 is 58.3. The second-order valence-electron chi connectivity index (χ2n) is 8.30. The van der Waals surface area contributed by atoms with Gasteiger partial charge in [0.05, 0.1) is 10.9 Å². The normalized spacial score (nSPS) is 18.5. The maximum absolute atomic E-state index is 14.2. The Kier molecular flexibility index (Phi) is 5.61. The molecule has 1 amide bonds. The number of pyridine rings is 1. The van der Waals surface area contributed by atoms with Crippen molar-refractivity contribution in [1.29, 1.82) is 0 Å². The zero-order valence-electron chi connectivity index (χ0n) is 18.3. The number of nitrogens with zero attached hydrogens (tertiary/aromatic N) is 6. The van der Waals surface area contributed by atoms with E-state index in [4.69, 9.17) is 5.73 Å². The van der Waals surface area contributed by atoms with E-state index in [0.717, 1.165) is 12.1 Å². The molecule has 0 radical (unpaired) electrons. The number of halogens is 4. The van der Waals surface area contributed by atoms with E-state index in [9.17, 15) is 22.4 Å². The molecule has 13 heteroatoms. The lowest BCUT2D eigenvalue weighted by atomic mass is 9.92. The number of carbonyl (C=O) groups is 1. The van der Waals surface area contributed by atoms with E-state index in [1.54, 1.807) is 4.90 Å². The highest BCUT2D eigenvalue weighted by Gasteiger charge is 2.33. The largest absolute Gasteiger partial charge is 0.417 e. The van der Waals surface area contributed by atoms with Gasteiger partial charge in [-0.1, -0.05) is 0 Å². The van der Waals surface area contributed by atoms with Gasteiger partial charge in [-0.3, -0.25) is 4.79 Å². The molecule has 5 rings (SSSR count). The zero-order chi connectivity index (χ0) is 24.9. The highest BCUT2D eigenvalue weighted by Crippen LogP contribution is 2.31. The molecule has 9 nitrogen and oxygen atoms in total. The van der Waals surface area contributed by atoms with Crippen molar-refractivity contribution in [3.63, 3.8) is 0 Å². The Morgan fingerprint density at radius 3 is 2.71 bits per heavy atom. The summed E-state index contributed by atoms with van der Waals surface area (Å²) in [5, 5.41) is 4.54. The van der Waals surface area contributed by atoms with E-state index < -0.39 is 18.2 Å². The van der Waals surface area contributed by atoms with Crippen LogP contribution in [0.15, 0.2) is 30.5 Å². The number of rotatable bonds is 4. The second-order valence-corrected chi connectivity index (χ2v) is 8.30. The first-order chi connectivity index (χ1) is 16.7. The number of aromatic nitrogens is 5. The Bertz CT molecular complexity index is 1430. The van der Waals surface area contributed by atoms with E-state index in [1.807, 2.05) is 6.92 Å². The lowest BCUT2D eigenvalue weighted by molar-refractivity contribution is -0.0528. The molecule has 1 fully saturated rings. The van der Waals surface area contributed by atoms with Crippen LogP contribution < -0.4 is 10.5 Å². The number of nitrogen functional groups attached to an aromatic ring is 1. The standard InChI is InChI=1S/C22H19F4N7O2/c1-10-2-3-12(9-32(10)20(34)11-4-5-16(28-8-11)35-21(25)26)18-30-19-14-6-13(23)7-15(24)17(14)29-22(27)33(19)31-18/h4-8,10,12,21H,2-3,9H2,1H3,(H2,27,29)/t10-,12+/m0/s1. The number of piperidine rings is 1. The molecule has 1 aliphatic rings. The Balaban J connectivity index is 1.45. The zero-order valence-corrected chi connectivity index (χ0v) is 18.3. The minimum Gasteiger partial charge on any atom is -0.417 e. The van der Waals surface area contributed by atoms with Crippen LogP contribution in [0.25, 0.3) is 16.6 Å². The van der Waals surface area contributed by atoms with Crippen LogP contribution >= 0.6 is 0 Å². The second kappa shape index (κ2) is 8.64. The van der Waals surface area contributed by atoms with E-state index in [1.165, 1.54) is 22.8 Å². The molecular formula is C22H19F4N7O2. The van der Waals surface area contributed by atoms with Crippen LogP contribution in [0, 0.1) is 11.6 Å². The van der Waals surface area contributed by atoms with Gasteiger partial charge in [0.15, 0.2) is 17.3 Å². The van der Waals surface area contributed by atoms with Gasteiger partial charge in [0.1, 0.15) is 11.3 Å². The van der Waals surface area contributed by atoms with Gasteiger partial charge in [-0.05, 0) is 31.9 Å². The van der Waals surface area contributed by atoms with Crippen LogP contribution in [0.4, 0.5) is 23.5 Å². The molecule has 0 aliphatic carbocycles. The molecule has 4 aromatic rings. The summed E-state index contributed by atoms with van der Waals surface area (Å²) in [5.74, 6) is -2.29. The van der Waals surface area contributed by atoms with Gasteiger partial charge < -0.3 is 15.4 Å². The summed E-state index contributed by atoms with van der Waals surface area (Å²) in [7, 11) is 0. The number of likely N-dealkylation sites (tertiary alicyclic amines) is 1. The minimum atomic E-state index is -3.01. The van der Waals surface area contributed by atoms with Gasteiger partial charge in [0.2, 0.25) is 11.8 Å². The van der Waals surface area contributed by atoms with Crippen molar-refractivity contribution >= 4 is 28.4 Å². The van der Waals surface area contributed by atoms with Gasteiger partial charge in [-0.2, -0.15) is 13.3 Å². The smallest absolute Gasteiger partial charge is 0.388 e. The molecule has 1 aromatic carbocycles. The summed E-state index contributed by atoms with van der Waals surface area (Å²) in [4.78, 5) is 27.0. The van der Waals surface area contributed by atoms with Crippen molar-refractivity contribution in [3.8, 4) is 5.88 Å². The van der Waals surface area contributed by atoms with E-state index in [-0.39, 0.29) is 58.4 Å². The number of hydrogen-bond acceptors (Lipinski definition) is 7. The van der Waals surface area contributed by atoms with Gasteiger partial charge in [0, 0.05) is 36.8 Å². The fraction of sp³-hybridized carbons (Fsp3) is 0.318. The number of amides is 1. The predicted octanol–water partition coefficient (Wildman–Crippen LogP) is 3.54. The lowest BCUT2D eigenvalue weighted by Crippen LogP contribution is -2.45. The molecule has 2 N–H and O–H groups in total. The third-order valence-corrected chi connectivity index (χ3v) is 6.04. The molecule has 0 saturated carbocycles. The first kappa shape index (κ1) is 22.7. The van der Waals surface area contributed by atoms with E-state index >= 15 is 0 Å². The molecule has 2 atom stereocenters. The third-order valence-electron chi connectivity index (χ3n) is 6.04. The lowest BCUT2D eigenvalue weighted by Gasteiger charge is -2.37. The summed E-state index contributed by atoms with van der Waals surface area (Å²) in [6.45, 7) is -0.854. The van der Waals surface area contributed by atoms with Crippen molar-refractivity contribution in [2.24, 2.45) is 0 Å². The van der Waals surface area contributed by atoms with Crippen LogP contribution in [-0.2, 0) is 0 Å². The number of ether oxygens (including phenoxy) is 1. The van der Waals surface area contributed by atoms with E-state index in [2.05, 4.69) is 24.8 Å². The van der Waals surface area contributed by atoms with Crippen LogP contribution in [0.3, 0.4) is 0 Å². The molecule has 182 valence electrons. The summed E-state index contributed by atoms with van der Waals surface area (Å²) in [6.07, 6.45) is 2.49. The van der Waals surface area contributed by atoms with Crippen LogP contribution in [0.5, 0.6) is 5.88 Å². The van der Waals surface area contributed by atoms with Crippen molar-refractivity contribution < 1.29 is 27.1 Å². The Labute approximate surface area is 195 Å². The van der Waals surface area contributed by atoms with Gasteiger partial charge in [0.25, 0.3) is 5.91 Å². The van der Waals surface area contributed by atoms with Crippen LogP contribution in [0.1, 0.15) is 41.9 Å². The average Bonchev–Trinajstić information content (AvgIpc) is 3.27. The monoisotopic (exact) mass is 489 g/mol. The fourth-order valence-corrected chi connectivity index (χ4v) is 4.28. The van der Waals surface area contributed by atoms with Crippen molar-refractivity contribution in [2.75, 3.05) is 12.3 Å². The quantitative estimate of drug-likeness (QED) is 0.437.